The molecule has 0 fully saturated rings. The number of nitrogens with one attached hydrogen (secondary N) is 2. The SMILES string of the molecule is CC/C(C)=C(\c1nonc1NCCNC(c1ccccc1)(c1ccccc1)c1ccccc1)N(C=O)c1ccc(F)c(Cl)c1. The lowest BCUT2D eigenvalue weighted by atomic mass is 9.77. The van der Waals surface area contributed by atoms with Crippen LogP contribution in [0.5, 0.6) is 0 Å². The van der Waals surface area contributed by atoms with E-state index < -0.39 is 11.4 Å². The van der Waals surface area contributed by atoms with E-state index >= 15 is 0 Å². The number of hydrogen-bond donors (Lipinski definition) is 2. The van der Waals surface area contributed by atoms with Crippen LogP contribution in [0.3, 0.4) is 0 Å². The highest BCUT2D eigenvalue weighted by Gasteiger charge is 2.35. The van der Waals surface area contributed by atoms with Crippen molar-refractivity contribution >= 4 is 35.2 Å². The van der Waals surface area contributed by atoms with E-state index in [4.69, 9.17) is 16.2 Å². The predicted molar refractivity (Wildman–Crippen MR) is 173 cm³/mol. The van der Waals surface area contributed by atoms with E-state index in [2.05, 4.69) is 57.3 Å². The smallest absolute Gasteiger partial charge is 0.218 e. The van der Waals surface area contributed by atoms with Gasteiger partial charge in [0, 0.05) is 13.1 Å². The number of aromatic nitrogens is 2. The Morgan fingerprint density at radius 2 is 1.45 bits per heavy atom. The van der Waals surface area contributed by atoms with Gasteiger partial charge in [0.15, 0.2) is 5.69 Å². The summed E-state index contributed by atoms with van der Waals surface area (Å²) in [6, 6.07) is 35.1. The van der Waals surface area contributed by atoms with Crippen molar-refractivity contribution in [2.24, 2.45) is 0 Å². The first-order valence-corrected chi connectivity index (χ1v) is 14.7. The highest BCUT2D eigenvalue weighted by molar-refractivity contribution is 6.31. The molecule has 0 bridgehead atoms. The van der Waals surface area contributed by atoms with E-state index in [0.29, 0.717) is 48.8 Å². The van der Waals surface area contributed by atoms with Crippen LogP contribution in [-0.4, -0.2) is 29.8 Å². The molecule has 5 aromatic rings. The molecule has 1 heterocycles. The van der Waals surface area contributed by atoms with Crippen molar-refractivity contribution in [2.75, 3.05) is 23.3 Å². The Kier molecular flexibility index (Phi) is 9.84. The van der Waals surface area contributed by atoms with Gasteiger partial charge in [-0.25, -0.2) is 9.02 Å². The van der Waals surface area contributed by atoms with Gasteiger partial charge in [-0.1, -0.05) is 110 Å². The van der Waals surface area contributed by atoms with E-state index in [9.17, 15) is 9.18 Å². The van der Waals surface area contributed by atoms with Gasteiger partial charge in [0.2, 0.25) is 12.2 Å². The largest absolute Gasteiger partial charge is 0.364 e. The van der Waals surface area contributed by atoms with Gasteiger partial charge >= 0.3 is 0 Å². The molecule has 0 saturated carbocycles. The predicted octanol–water partition coefficient (Wildman–Crippen LogP) is 7.66. The molecule has 0 aliphatic rings. The molecule has 224 valence electrons. The Morgan fingerprint density at radius 3 is 1.95 bits per heavy atom. The van der Waals surface area contributed by atoms with E-state index in [1.54, 1.807) is 0 Å². The Hall–Kier alpha value is -4.79. The molecule has 0 aliphatic carbocycles. The van der Waals surface area contributed by atoms with E-state index in [1.807, 2.05) is 68.4 Å². The maximum absolute atomic E-state index is 13.9. The third kappa shape index (κ3) is 6.27. The number of amides is 1. The summed E-state index contributed by atoms with van der Waals surface area (Å²) < 4.78 is 19.1. The minimum Gasteiger partial charge on any atom is -0.364 e. The van der Waals surface area contributed by atoms with E-state index in [-0.39, 0.29) is 5.02 Å². The lowest BCUT2D eigenvalue weighted by molar-refractivity contribution is -0.106. The van der Waals surface area contributed by atoms with Crippen LogP contribution in [0.25, 0.3) is 5.70 Å². The highest BCUT2D eigenvalue weighted by Crippen LogP contribution is 2.37. The van der Waals surface area contributed by atoms with Crippen molar-refractivity contribution in [1.82, 2.24) is 15.6 Å². The third-order valence-corrected chi connectivity index (χ3v) is 7.89. The number of halogens is 2. The Balaban J connectivity index is 1.44. The number of allylic oxidation sites excluding steroid dienone is 1. The summed E-state index contributed by atoms with van der Waals surface area (Å²) >= 11 is 6.04. The van der Waals surface area contributed by atoms with Gasteiger partial charge in [0.05, 0.1) is 21.9 Å². The van der Waals surface area contributed by atoms with E-state index in [1.165, 1.54) is 23.1 Å². The van der Waals surface area contributed by atoms with Gasteiger partial charge in [0.25, 0.3) is 0 Å². The molecule has 44 heavy (non-hydrogen) atoms. The van der Waals surface area contributed by atoms with Crippen LogP contribution < -0.4 is 15.5 Å². The van der Waals surface area contributed by atoms with Gasteiger partial charge in [-0.2, -0.15) is 0 Å². The summed E-state index contributed by atoms with van der Waals surface area (Å²) in [4.78, 5) is 13.8. The first-order chi connectivity index (χ1) is 21.5. The molecule has 2 N–H and O–H groups in total. The fraction of sp³-hybridized carbons (Fsp3) is 0.171. The maximum Gasteiger partial charge on any atom is 0.218 e. The number of benzene rings is 4. The first kappa shape index (κ1) is 30.7. The molecule has 1 amide bonds. The zero-order valence-electron chi connectivity index (χ0n) is 24.5. The topological polar surface area (TPSA) is 83.3 Å². The van der Waals surface area contributed by atoms with E-state index in [0.717, 1.165) is 22.3 Å². The number of nitrogens with zero attached hydrogens (tertiary/aromatic N) is 3. The normalized spacial score (nSPS) is 12.0. The Morgan fingerprint density at radius 1 is 0.886 bits per heavy atom. The van der Waals surface area contributed by atoms with Crippen LogP contribution in [0.1, 0.15) is 42.7 Å². The van der Waals surface area contributed by atoms with Crippen LogP contribution in [0.2, 0.25) is 5.02 Å². The van der Waals surface area contributed by atoms with Crippen LogP contribution in [0.15, 0.2) is 119 Å². The second kappa shape index (κ2) is 14.1. The highest BCUT2D eigenvalue weighted by atomic mass is 35.5. The molecular formula is C35H33ClFN5O2. The van der Waals surface area contributed by atoms with Crippen LogP contribution in [-0.2, 0) is 10.3 Å². The summed E-state index contributed by atoms with van der Waals surface area (Å²) in [5.74, 6) is -0.200. The fourth-order valence-corrected chi connectivity index (χ4v) is 5.50. The van der Waals surface area contributed by atoms with Crippen molar-refractivity contribution in [3.63, 3.8) is 0 Å². The van der Waals surface area contributed by atoms with Gasteiger partial charge in [-0.3, -0.25) is 15.0 Å². The Bertz CT molecular complexity index is 1610. The summed E-state index contributed by atoms with van der Waals surface area (Å²) in [7, 11) is 0. The molecule has 0 aliphatic heterocycles. The third-order valence-electron chi connectivity index (χ3n) is 7.60. The summed E-state index contributed by atoms with van der Waals surface area (Å²) in [6.45, 7) is 4.85. The van der Waals surface area contributed by atoms with Gasteiger partial charge in [-0.15, -0.1) is 0 Å². The maximum atomic E-state index is 13.9. The molecule has 0 radical (unpaired) electrons. The average Bonchev–Trinajstić information content (AvgIpc) is 3.54. The van der Waals surface area contributed by atoms with Gasteiger partial charge < -0.3 is 5.32 Å². The second-order valence-electron chi connectivity index (χ2n) is 10.2. The molecule has 0 spiro atoms. The van der Waals surface area contributed by atoms with Crippen LogP contribution >= 0.6 is 11.6 Å². The molecule has 5 rings (SSSR count). The minimum atomic E-state index is -0.629. The van der Waals surface area contributed by atoms with Gasteiger partial charge in [0.1, 0.15) is 5.82 Å². The number of hydrogen-bond acceptors (Lipinski definition) is 6. The lowest BCUT2D eigenvalue weighted by Crippen LogP contribution is -2.46. The molecular weight excluding hydrogens is 577 g/mol. The number of carbonyl (C=O) groups excluding carboxylic acids is 1. The monoisotopic (exact) mass is 609 g/mol. The zero-order chi connectivity index (χ0) is 30.9. The number of rotatable bonds is 13. The molecule has 0 saturated heterocycles. The number of anilines is 2. The average molecular weight is 610 g/mol. The standard InChI is InChI=1S/C35H33ClFN5O2/c1-3-25(2)33(42(24-43)29-19-20-31(37)30(36)23-29)32-34(41-44-40-32)38-21-22-39-35(26-13-7-4-8-14-26,27-15-9-5-10-16-27)28-17-11-6-12-18-28/h4-20,23-24,39H,3,21-22H2,1-2H3,(H,38,41)/b33-25+. The van der Waals surface area contributed by atoms with Crippen molar-refractivity contribution in [2.45, 2.75) is 25.8 Å². The van der Waals surface area contributed by atoms with Crippen molar-refractivity contribution in [3.8, 4) is 0 Å². The summed E-state index contributed by atoms with van der Waals surface area (Å²) in [5.41, 5.74) is 4.76. The lowest BCUT2D eigenvalue weighted by Gasteiger charge is -2.37. The zero-order valence-corrected chi connectivity index (χ0v) is 25.3. The Labute approximate surface area is 261 Å². The van der Waals surface area contributed by atoms with Crippen molar-refractivity contribution < 1.29 is 13.8 Å². The summed E-state index contributed by atoms with van der Waals surface area (Å²) in [5, 5.41) is 15.3. The molecule has 4 aromatic carbocycles. The first-order valence-electron chi connectivity index (χ1n) is 14.4. The van der Waals surface area contributed by atoms with Crippen molar-refractivity contribution in [3.05, 3.63) is 148 Å². The molecule has 0 atom stereocenters. The number of carbonyl (C=O) groups is 1. The van der Waals surface area contributed by atoms with Gasteiger partial charge in [-0.05, 0) is 64.1 Å². The quantitative estimate of drug-likeness (QED) is 0.0810. The molecule has 0 unspecified atom stereocenters. The minimum absolute atomic E-state index is 0.0933. The molecule has 7 nitrogen and oxygen atoms in total. The fourth-order valence-electron chi connectivity index (χ4n) is 5.33. The van der Waals surface area contributed by atoms with Crippen LogP contribution in [0.4, 0.5) is 15.9 Å². The second-order valence-corrected chi connectivity index (χ2v) is 10.6. The molecule has 9 heteroatoms. The molecule has 1 aromatic heterocycles. The summed E-state index contributed by atoms with van der Waals surface area (Å²) in [6.07, 6.45) is 1.27. The van der Waals surface area contributed by atoms with Crippen molar-refractivity contribution in [1.29, 1.82) is 0 Å². The van der Waals surface area contributed by atoms with Crippen LogP contribution in [0, 0.1) is 5.82 Å².